The second kappa shape index (κ2) is 7.38. The van der Waals surface area contributed by atoms with Gasteiger partial charge in [0.1, 0.15) is 0 Å². The van der Waals surface area contributed by atoms with Crippen molar-refractivity contribution in [3.05, 3.63) is 64.5 Å². The van der Waals surface area contributed by atoms with Crippen molar-refractivity contribution in [3.8, 4) is 0 Å². The maximum atomic E-state index is 12.2. The molecular weight excluding hydrogens is 286 g/mol. The molecule has 122 valence electrons. The Labute approximate surface area is 138 Å². The van der Waals surface area contributed by atoms with Gasteiger partial charge in [0.05, 0.1) is 11.3 Å². The zero-order valence-corrected chi connectivity index (χ0v) is 14.3. The first-order chi connectivity index (χ1) is 10.9. The molecule has 1 atom stereocenters. The largest absolute Gasteiger partial charge is 0.350 e. The number of aryl methyl sites for hydroxylation is 2. The molecule has 0 saturated carbocycles. The predicted molar refractivity (Wildman–Crippen MR) is 93.5 cm³/mol. The van der Waals surface area contributed by atoms with Gasteiger partial charge in [0.2, 0.25) is 0 Å². The molecule has 0 aliphatic heterocycles. The van der Waals surface area contributed by atoms with Crippen molar-refractivity contribution >= 4 is 5.91 Å². The summed E-state index contributed by atoms with van der Waals surface area (Å²) in [7, 11) is 0. The molecule has 0 saturated heterocycles. The molecule has 3 N–H and O–H groups in total. The molecule has 4 heteroatoms. The fourth-order valence-electron chi connectivity index (χ4n) is 2.47. The molecule has 23 heavy (non-hydrogen) atoms. The summed E-state index contributed by atoms with van der Waals surface area (Å²) in [5, 5.41) is 2.89. The molecule has 4 nitrogen and oxygen atoms in total. The Bertz CT molecular complexity index is 678. The lowest BCUT2D eigenvalue weighted by atomic mass is 9.99. The lowest BCUT2D eigenvalue weighted by Crippen LogP contribution is -2.32. The summed E-state index contributed by atoms with van der Waals surface area (Å²) in [5.74, 6) is 0.362. The molecule has 0 bridgehead atoms. The number of nitrogens with zero attached hydrogens (tertiary/aromatic N) is 1. The number of aromatic nitrogens is 1. The number of nitrogens with two attached hydrogens (primary N) is 1. The average Bonchev–Trinajstić information content (AvgIpc) is 2.52. The van der Waals surface area contributed by atoms with Gasteiger partial charge in [0, 0.05) is 18.3 Å². The zero-order chi connectivity index (χ0) is 17.0. The van der Waals surface area contributed by atoms with Crippen molar-refractivity contribution < 1.29 is 4.79 Å². The van der Waals surface area contributed by atoms with Crippen LogP contribution in [0.2, 0.25) is 0 Å². The summed E-state index contributed by atoms with van der Waals surface area (Å²) < 4.78 is 0. The van der Waals surface area contributed by atoms with E-state index in [2.05, 4.69) is 36.3 Å². The molecule has 1 unspecified atom stereocenters. The lowest BCUT2D eigenvalue weighted by molar-refractivity contribution is 0.0950. The van der Waals surface area contributed by atoms with Gasteiger partial charge in [-0.3, -0.25) is 9.78 Å². The first kappa shape index (κ1) is 17.2. The fraction of sp³-hybridized carbons (Fsp3) is 0.368. The molecule has 1 amide bonds. The Morgan fingerprint density at radius 1 is 1.09 bits per heavy atom. The molecular formula is C19H25N3O. The van der Waals surface area contributed by atoms with Crippen LogP contribution in [-0.2, 0) is 0 Å². The van der Waals surface area contributed by atoms with Gasteiger partial charge in [-0.2, -0.15) is 0 Å². The highest BCUT2D eigenvalue weighted by Gasteiger charge is 2.12. The number of benzene rings is 1. The molecule has 0 radical (unpaired) electrons. The Morgan fingerprint density at radius 2 is 1.70 bits per heavy atom. The summed E-state index contributed by atoms with van der Waals surface area (Å²) in [6.45, 7) is 8.46. The maximum absolute atomic E-state index is 12.2. The topological polar surface area (TPSA) is 68.0 Å². The van der Waals surface area contributed by atoms with Crippen LogP contribution in [-0.4, -0.2) is 17.4 Å². The molecule has 2 rings (SSSR count). The quantitative estimate of drug-likeness (QED) is 0.890. The van der Waals surface area contributed by atoms with Gasteiger partial charge in [-0.25, -0.2) is 0 Å². The van der Waals surface area contributed by atoms with Gasteiger partial charge in [-0.1, -0.05) is 38.1 Å². The minimum atomic E-state index is -0.223. The first-order valence-corrected chi connectivity index (χ1v) is 7.96. The first-order valence-electron chi connectivity index (χ1n) is 7.96. The van der Waals surface area contributed by atoms with E-state index in [0.29, 0.717) is 18.0 Å². The second-order valence-corrected chi connectivity index (χ2v) is 6.22. The van der Waals surface area contributed by atoms with Crippen molar-refractivity contribution in [2.45, 2.75) is 39.7 Å². The van der Waals surface area contributed by atoms with E-state index in [9.17, 15) is 4.79 Å². The molecule has 0 aliphatic rings. The van der Waals surface area contributed by atoms with E-state index in [1.165, 1.54) is 5.56 Å². The molecule has 2 aromatic rings. The number of hydrogen-bond acceptors (Lipinski definition) is 3. The third-order valence-corrected chi connectivity index (χ3v) is 3.98. The SMILES string of the molecule is Cc1ccc(C(=O)NCC(N)c2ccc(C(C)C)cc2)c(C)n1. The van der Waals surface area contributed by atoms with Crippen LogP contribution in [0.25, 0.3) is 0 Å². The third kappa shape index (κ3) is 4.39. The number of pyridine rings is 1. The van der Waals surface area contributed by atoms with E-state index in [1.807, 2.05) is 32.0 Å². The highest BCUT2D eigenvalue weighted by Crippen LogP contribution is 2.17. The predicted octanol–water partition coefficient (Wildman–Crippen LogP) is 3.25. The standard InChI is InChI=1S/C19H25N3O/c1-12(2)15-6-8-16(9-7-15)18(20)11-21-19(23)17-10-5-13(3)22-14(17)4/h5-10,12,18H,11,20H2,1-4H3,(H,21,23). The van der Waals surface area contributed by atoms with Gasteiger partial charge < -0.3 is 11.1 Å². The highest BCUT2D eigenvalue weighted by molar-refractivity contribution is 5.95. The van der Waals surface area contributed by atoms with E-state index in [4.69, 9.17) is 5.73 Å². The normalized spacial score (nSPS) is 12.3. The van der Waals surface area contributed by atoms with E-state index in [-0.39, 0.29) is 11.9 Å². The van der Waals surface area contributed by atoms with E-state index in [0.717, 1.165) is 17.0 Å². The summed E-state index contributed by atoms with van der Waals surface area (Å²) in [5.41, 5.74) is 10.7. The van der Waals surface area contributed by atoms with Crippen molar-refractivity contribution in [2.75, 3.05) is 6.54 Å². The van der Waals surface area contributed by atoms with Gasteiger partial charge in [-0.15, -0.1) is 0 Å². The highest BCUT2D eigenvalue weighted by atomic mass is 16.1. The van der Waals surface area contributed by atoms with Crippen molar-refractivity contribution in [1.82, 2.24) is 10.3 Å². The van der Waals surface area contributed by atoms with Gasteiger partial charge >= 0.3 is 0 Å². The summed E-state index contributed by atoms with van der Waals surface area (Å²) in [6, 6.07) is 11.7. The second-order valence-electron chi connectivity index (χ2n) is 6.22. The number of nitrogens with one attached hydrogen (secondary N) is 1. The number of carbonyl (C=O) groups excluding carboxylic acids is 1. The van der Waals surface area contributed by atoms with E-state index >= 15 is 0 Å². The van der Waals surface area contributed by atoms with Crippen LogP contribution >= 0.6 is 0 Å². The smallest absolute Gasteiger partial charge is 0.253 e. The van der Waals surface area contributed by atoms with Gasteiger partial charge in [0.15, 0.2) is 0 Å². The van der Waals surface area contributed by atoms with Crippen LogP contribution in [0.1, 0.15) is 58.7 Å². The van der Waals surface area contributed by atoms with Crippen LogP contribution in [0.15, 0.2) is 36.4 Å². The molecule has 0 fully saturated rings. The Morgan fingerprint density at radius 3 is 2.26 bits per heavy atom. The minimum Gasteiger partial charge on any atom is -0.350 e. The van der Waals surface area contributed by atoms with E-state index < -0.39 is 0 Å². The van der Waals surface area contributed by atoms with Crippen molar-refractivity contribution in [2.24, 2.45) is 5.73 Å². The van der Waals surface area contributed by atoms with Gasteiger partial charge in [0.25, 0.3) is 5.91 Å². The molecule has 1 aromatic heterocycles. The van der Waals surface area contributed by atoms with Crippen molar-refractivity contribution in [3.63, 3.8) is 0 Å². The number of hydrogen-bond donors (Lipinski definition) is 2. The van der Waals surface area contributed by atoms with Crippen LogP contribution in [0, 0.1) is 13.8 Å². The number of amides is 1. The molecule has 0 aliphatic carbocycles. The molecule has 1 aromatic carbocycles. The van der Waals surface area contributed by atoms with Gasteiger partial charge in [-0.05, 0) is 43.0 Å². The van der Waals surface area contributed by atoms with Crippen LogP contribution < -0.4 is 11.1 Å². The van der Waals surface area contributed by atoms with Crippen molar-refractivity contribution in [1.29, 1.82) is 0 Å². The Balaban J connectivity index is 1.98. The van der Waals surface area contributed by atoms with Crippen LogP contribution in [0.4, 0.5) is 0 Å². The monoisotopic (exact) mass is 311 g/mol. The van der Waals surface area contributed by atoms with Crippen LogP contribution in [0.5, 0.6) is 0 Å². The Kier molecular flexibility index (Phi) is 5.50. The number of rotatable bonds is 5. The summed E-state index contributed by atoms with van der Waals surface area (Å²) in [6.07, 6.45) is 0. The molecule has 0 spiro atoms. The number of carbonyl (C=O) groups is 1. The average molecular weight is 311 g/mol. The maximum Gasteiger partial charge on any atom is 0.253 e. The molecule has 1 heterocycles. The zero-order valence-electron chi connectivity index (χ0n) is 14.3. The van der Waals surface area contributed by atoms with Crippen LogP contribution in [0.3, 0.4) is 0 Å². The Hall–Kier alpha value is -2.20. The minimum absolute atomic E-state index is 0.135. The summed E-state index contributed by atoms with van der Waals surface area (Å²) in [4.78, 5) is 16.6. The van der Waals surface area contributed by atoms with E-state index in [1.54, 1.807) is 6.07 Å². The third-order valence-electron chi connectivity index (χ3n) is 3.98. The lowest BCUT2D eigenvalue weighted by Gasteiger charge is -2.15. The fourth-order valence-corrected chi connectivity index (χ4v) is 2.47. The summed E-state index contributed by atoms with van der Waals surface area (Å²) >= 11 is 0.